The number of pyridine rings is 1. The summed E-state index contributed by atoms with van der Waals surface area (Å²) in [5.74, 6) is -0.543. The van der Waals surface area contributed by atoms with Crippen molar-refractivity contribution in [3.05, 3.63) is 23.5 Å². The van der Waals surface area contributed by atoms with E-state index in [0.29, 0.717) is 17.5 Å². The first-order chi connectivity index (χ1) is 9.19. The first-order valence-electron chi connectivity index (χ1n) is 6.03. The lowest BCUT2D eigenvalue weighted by Crippen LogP contribution is -2.66. The van der Waals surface area contributed by atoms with Crippen molar-refractivity contribution in [2.45, 2.75) is 0 Å². The fourth-order valence-electron chi connectivity index (χ4n) is 2.62. The summed E-state index contributed by atoms with van der Waals surface area (Å²) in [6.07, 6.45) is 3.66. The smallest absolute Gasteiger partial charge is 0.340 e. The molecule has 2 aliphatic heterocycles. The molecule has 3 heterocycles. The summed E-state index contributed by atoms with van der Waals surface area (Å²) in [4.78, 5) is 29.0. The van der Waals surface area contributed by atoms with Crippen molar-refractivity contribution in [1.82, 2.24) is 4.98 Å². The molecule has 0 atom stereocenters. The Labute approximate surface area is 110 Å². The normalized spacial score (nSPS) is 19.5. The highest BCUT2D eigenvalue weighted by atomic mass is 16.5. The van der Waals surface area contributed by atoms with Crippen LogP contribution in [-0.4, -0.2) is 50.7 Å². The van der Waals surface area contributed by atoms with E-state index >= 15 is 0 Å². The third-order valence-corrected chi connectivity index (χ3v) is 3.70. The first-order valence-corrected chi connectivity index (χ1v) is 6.03. The molecule has 0 saturated carbocycles. The Kier molecular flexibility index (Phi) is 2.74. The molecule has 1 aromatic rings. The van der Waals surface area contributed by atoms with Crippen LogP contribution < -0.4 is 4.90 Å². The van der Waals surface area contributed by atoms with Crippen LogP contribution in [0.1, 0.15) is 20.7 Å². The lowest BCUT2D eigenvalue weighted by molar-refractivity contribution is -0.127. The Bertz CT molecular complexity index is 531. The zero-order valence-corrected chi connectivity index (χ0v) is 10.6. The summed E-state index contributed by atoms with van der Waals surface area (Å²) < 4.78 is 9.88. The van der Waals surface area contributed by atoms with Crippen LogP contribution in [0.3, 0.4) is 0 Å². The predicted molar refractivity (Wildman–Crippen MR) is 66.4 cm³/mol. The van der Waals surface area contributed by atoms with Gasteiger partial charge in [-0.3, -0.25) is 9.78 Å². The van der Waals surface area contributed by atoms with E-state index in [0.717, 1.165) is 26.3 Å². The zero-order valence-electron chi connectivity index (χ0n) is 10.6. The number of carbonyl (C=O) groups is 2. The quantitative estimate of drug-likeness (QED) is 0.584. The third kappa shape index (κ3) is 1.79. The number of methoxy groups -OCH3 is 1. The molecular formula is C13H14N2O4. The highest BCUT2D eigenvalue weighted by Gasteiger charge is 2.49. The minimum atomic E-state index is -0.543. The molecule has 0 bridgehead atoms. The van der Waals surface area contributed by atoms with Crippen molar-refractivity contribution in [1.29, 1.82) is 0 Å². The van der Waals surface area contributed by atoms with Gasteiger partial charge in [-0.1, -0.05) is 0 Å². The molecule has 6 heteroatoms. The van der Waals surface area contributed by atoms with Gasteiger partial charge in [-0.2, -0.15) is 0 Å². The molecule has 2 aliphatic rings. The highest BCUT2D eigenvalue weighted by Crippen LogP contribution is 2.41. The molecule has 0 aromatic carbocycles. The van der Waals surface area contributed by atoms with Crippen LogP contribution >= 0.6 is 0 Å². The molecule has 6 nitrogen and oxygen atoms in total. The molecule has 19 heavy (non-hydrogen) atoms. The van der Waals surface area contributed by atoms with Crippen LogP contribution in [-0.2, 0) is 9.47 Å². The zero-order chi connectivity index (χ0) is 13.5. The van der Waals surface area contributed by atoms with Crippen LogP contribution in [0, 0.1) is 5.41 Å². The minimum Gasteiger partial charge on any atom is -0.465 e. The van der Waals surface area contributed by atoms with Gasteiger partial charge in [-0.15, -0.1) is 0 Å². The standard InChI is InChI=1S/C13H14N2O4/c1-18-12(17)9-2-14-3-11(10(9)4-16)15-5-13(6-15)7-19-8-13/h2-4H,5-8H2,1H3. The Morgan fingerprint density at radius 1 is 1.47 bits per heavy atom. The number of hydrogen-bond acceptors (Lipinski definition) is 6. The van der Waals surface area contributed by atoms with Crippen LogP contribution in [0.2, 0.25) is 0 Å². The van der Waals surface area contributed by atoms with E-state index < -0.39 is 5.97 Å². The van der Waals surface area contributed by atoms with E-state index in [1.54, 1.807) is 6.20 Å². The Hall–Kier alpha value is -1.95. The second-order valence-electron chi connectivity index (χ2n) is 5.08. The fraction of sp³-hybridized carbons (Fsp3) is 0.462. The van der Waals surface area contributed by atoms with Crippen LogP contribution in [0.15, 0.2) is 12.4 Å². The number of anilines is 1. The van der Waals surface area contributed by atoms with Crippen molar-refractivity contribution in [3.63, 3.8) is 0 Å². The molecule has 3 rings (SSSR count). The molecule has 2 saturated heterocycles. The lowest BCUT2D eigenvalue weighted by atomic mass is 9.77. The molecule has 1 aromatic heterocycles. The Morgan fingerprint density at radius 2 is 2.21 bits per heavy atom. The average molecular weight is 262 g/mol. The van der Waals surface area contributed by atoms with E-state index in [9.17, 15) is 9.59 Å². The summed E-state index contributed by atoms with van der Waals surface area (Å²) >= 11 is 0. The number of aromatic nitrogens is 1. The van der Waals surface area contributed by atoms with Gasteiger partial charge in [0.25, 0.3) is 0 Å². The van der Waals surface area contributed by atoms with Gasteiger partial charge in [0.1, 0.15) is 0 Å². The average Bonchev–Trinajstić information content (AvgIpc) is 2.34. The number of carbonyl (C=O) groups excluding carboxylic acids is 2. The van der Waals surface area contributed by atoms with Gasteiger partial charge in [-0.05, 0) is 0 Å². The molecule has 0 radical (unpaired) electrons. The third-order valence-electron chi connectivity index (χ3n) is 3.70. The van der Waals surface area contributed by atoms with Crippen LogP contribution in [0.25, 0.3) is 0 Å². The highest BCUT2D eigenvalue weighted by molar-refractivity contribution is 6.01. The molecule has 100 valence electrons. The monoisotopic (exact) mass is 262 g/mol. The molecule has 1 spiro atoms. The molecule has 0 aliphatic carbocycles. The maximum atomic E-state index is 11.6. The van der Waals surface area contributed by atoms with Gasteiger partial charge in [0.05, 0.1) is 48.7 Å². The molecule has 0 N–H and O–H groups in total. The second-order valence-corrected chi connectivity index (χ2v) is 5.08. The van der Waals surface area contributed by atoms with E-state index in [1.165, 1.54) is 13.3 Å². The van der Waals surface area contributed by atoms with E-state index in [1.807, 2.05) is 4.90 Å². The van der Waals surface area contributed by atoms with Gasteiger partial charge < -0.3 is 14.4 Å². The number of ether oxygens (including phenoxy) is 2. The second kappa shape index (κ2) is 4.31. The lowest BCUT2D eigenvalue weighted by Gasteiger charge is -2.56. The fourth-order valence-corrected chi connectivity index (χ4v) is 2.62. The van der Waals surface area contributed by atoms with Crippen molar-refractivity contribution in [2.75, 3.05) is 38.3 Å². The largest absolute Gasteiger partial charge is 0.465 e. The Balaban J connectivity index is 1.89. The van der Waals surface area contributed by atoms with E-state index in [-0.39, 0.29) is 11.0 Å². The Morgan fingerprint density at radius 3 is 2.74 bits per heavy atom. The number of hydrogen-bond donors (Lipinski definition) is 0. The molecule has 0 unspecified atom stereocenters. The summed E-state index contributed by atoms with van der Waals surface area (Å²) in [7, 11) is 1.29. The van der Waals surface area contributed by atoms with Gasteiger partial charge in [0, 0.05) is 19.3 Å². The van der Waals surface area contributed by atoms with E-state index in [2.05, 4.69) is 9.72 Å². The number of nitrogens with zero attached hydrogens (tertiary/aromatic N) is 2. The molecule has 2 fully saturated rings. The molecular weight excluding hydrogens is 248 g/mol. The summed E-state index contributed by atoms with van der Waals surface area (Å²) in [6.45, 7) is 3.20. The number of rotatable bonds is 3. The summed E-state index contributed by atoms with van der Waals surface area (Å²) in [5.41, 5.74) is 1.48. The summed E-state index contributed by atoms with van der Waals surface area (Å²) in [5, 5.41) is 0. The topological polar surface area (TPSA) is 68.7 Å². The van der Waals surface area contributed by atoms with Gasteiger partial charge in [0.2, 0.25) is 0 Å². The predicted octanol–water partition coefficient (Wildman–Crippen LogP) is 0.517. The van der Waals surface area contributed by atoms with Gasteiger partial charge >= 0.3 is 5.97 Å². The maximum Gasteiger partial charge on any atom is 0.340 e. The first kappa shape index (κ1) is 12.1. The number of aldehydes is 1. The SMILES string of the molecule is COC(=O)c1cncc(N2CC3(COC3)C2)c1C=O. The van der Waals surface area contributed by atoms with Crippen LogP contribution in [0.5, 0.6) is 0 Å². The van der Waals surface area contributed by atoms with Crippen molar-refractivity contribution in [3.8, 4) is 0 Å². The van der Waals surface area contributed by atoms with Crippen molar-refractivity contribution >= 4 is 17.9 Å². The number of esters is 1. The van der Waals surface area contributed by atoms with Gasteiger partial charge in [0.15, 0.2) is 6.29 Å². The van der Waals surface area contributed by atoms with Gasteiger partial charge in [-0.25, -0.2) is 4.79 Å². The van der Waals surface area contributed by atoms with Crippen molar-refractivity contribution in [2.24, 2.45) is 5.41 Å². The van der Waals surface area contributed by atoms with E-state index in [4.69, 9.17) is 4.74 Å². The molecule has 0 amide bonds. The minimum absolute atomic E-state index is 0.209. The van der Waals surface area contributed by atoms with Crippen molar-refractivity contribution < 1.29 is 19.1 Å². The summed E-state index contributed by atoms with van der Waals surface area (Å²) in [6, 6.07) is 0. The maximum absolute atomic E-state index is 11.6. The van der Waals surface area contributed by atoms with Crippen LogP contribution in [0.4, 0.5) is 5.69 Å².